The molecule has 28 heavy (non-hydrogen) atoms. The van der Waals surface area contributed by atoms with Crippen LogP contribution in [0.5, 0.6) is 0 Å². The SMILES string of the molecule is CC(=O)N1CCN(c2c(F)cc3c(=O)c(C(=O)O)c[nH]c3c2CCC#N)CC1. The quantitative estimate of drug-likeness (QED) is 0.822. The number of aromatic carboxylic acids is 1. The highest BCUT2D eigenvalue weighted by Crippen LogP contribution is 2.32. The number of piperazine rings is 1. The number of aryl methyl sites for hydroxylation is 1. The second-order valence-corrected chi connectivity index (χ2v) is 6.60. The van der Waals surface area contributed by atoms with Crippen molar-refractivity contribution in [2.45, 2.75) is 19.8 Å². The van der Waals surface area contributed by atoms with Crippen molar-refractivity contribution in [2.75, 3.05) is 31.1 Å². The van der Waals surface area contributed by atoms with E-state index in [4.69, 9.17) is 10.4 Å². The summed E-state index contributed by atoms with van der Waals surface area (Å²) in [4.78, 5) is 41.5. The molecule has 8 nitrogen and oxygen atoms in total. The average Bonchev–Trinajstić information content (AvgIpc) is 2.66. The number of fused-ring (bicyclic) bond motifs is 1. The molecule has 1 aromatic heterocycles. The molecule has 3 rings (SSSR count). The number of benzene rings is 1. The van der Waals surface area contributed by atoms with Crippen molar-refractivity contribution in [1.29, 1.82) is 5.26 Å². The van der Waals surface area contributed by atoms with Crippen molar-refractivity contribution >= 4 is 28.5 Å². The van der Waals surface area contributed by atoms with Crippen LogP contribution in [0.3, 0.4) is 0 Å². The highest BCUT2D eigenvalue weighted by atomic mass is 19.1. The summed E-state index contributed by atoms with van der Waals surface area (Å²) in [5, 5.41) is 18.1. The van der Waals surface area contributed by atoms with Gasteiger partial charge < -0.3 is 19.9 Å². The Morgan fingerprint density at radius 3 is 2.57 bits per heavy atom. The largest absolute Gasteiger partial charge is 0.477 e. The van der Waals surface area contributed by atoms with E-state index in [0.717, 1.165) is 12.3 Å². The van der Waals surface area contributed by atoms with Crippen LogP contribution in [-0.4, -0.2) is 53.0 Å². The molecule has 146 valence electrons. The van der Waals surface area contributed by atoms with Crippen molar-refractivity contribution in [3.8, 4) is 6.07 Å². The van der Waals surface area contributed by atoms with E-state index in [1.165, 1.54) is 6.92 Å². The average molecular weight is 386 g/mol. The van der Waals surface area contributed by atoms with Gasteiger partial charge in [0.25, 0.3) is 0 Å². The number of rotatable bonds is 4. The molecule has 1 amide bonds. The van der Waals surface area contributed by atoms with Gasteiger partial charge in [-0.2, -0.15) is 5.26 Å². The van der Waals surface area contributed by atoms with Gasteiger partial charge in [-0.1, -0.05) is 0 Å². The Morgan fingerprint density at radius 1 is 1.32 bits per heavy atom. The highest BCUT2D eigenvalue weighted by molar-refractivity contribution is 5.94. The maximum atomic E-state index is 15.1. The molecular weight excluding hydrogens is 367 g/mol. The van der Waals surface area contributed by atoms with E-state index in [1.807, 2.05) is 6.07 Å². The number of carbonyl (C=O) groups is 2. The minimum Gasteiger partial charge on any atom is -0.477 e. The molecule has 0 spiro atoms. The van der Waals surface area contributed by atoms with E-state index < -0.39 is 22.8 Å². The summed E-state index contributed by atoms with van der Waals surface area (Å²) in [6, 6.07) is 3.06. The smallest absolute Gasteiger partial charge is 0.341 e. The number of carboxylic acids is 1. The van der Waals surface area contributed by atoms with Crippen LogP contribution in [0, 0.1) is 17.1 Å². The van der Waals surface area contributed by atoms with Crippen molar-refractivity contribution in [2.24, 2.45) is 0 Å². The van der Waals surface area contributed by atoms with Gasteiger partial charge in [0.05, 0.1) is 17.3 Å². The van der Waals surface area contributed by atoms with Gasteiger partial charge in [-0.05, 0) is 12.5 Å². The molecule has 1 aliphatic heterocycles. The molecule has 2 aromatic rings. The summed E-state index contributed by atoms with van der Waals surface area (Å²) in [6.07, 6.45) is 1.41. The number of carbonyl (C=O) groups excluding carboxylic acids is 1. The van der Waals surface area contributed by atoms with Gasteiger partial charge in [-0.25, -0.2) is 9.18 Å². The number of anilines is 1. The van der Waals surface area contributed by atoms with Crippen LogP contribution in [0.15, 0.2) is 17.1 Å². The van der Waals surface area contributed by atoms with Crippen LogP contribution in [-0.2, 0) is 11.2 Å². The van der Waals surface area contributed by atoms with Crippen LogP contribution in [0.2, 0.25) is 0 Å². The van der Waals surface area contributed by atoms with E-state index in [-0.39, 0.29) is 29.8 Å². The van der Waals surface area contributed by atoms with E-state index in [1.54, 1.807) is 9.80 Å². The van der Waals surface area contributed by atoms with Crippen molar-refractivity contribution in [1.82, 2.24) is 9.88 Å². The topological polar surface area (TPSA) is 118 Å². The Kier molecular flexibility index (Phi) is 5.31. The number of aromatic nitrogens is 1. The molecule has 1 aliphatic rings. The Morgan fingerprint density at radius 2 is 2.00 bits per heavy atom. The molecule has 2 heterocycles. The monoisotopic (exact) mass is 386 g/mol. The van der Waals surface area contributed by atoms with Gasteiger partial charge in [-0.15, -0.1) is 0 Å². The molecule has 0 saturated carbocycles. The molecule has 9 heteroatoms. The van der Waals surface area contributed by atoms with Gasteiger partial charge in [0, 0.05) is 56.7 Å². The lowest BCUT2D eigenvalue weighted by atomic mass is 9.99. The molecule has 0 atom stereocenters. The maximum absolute atomic E-state index is 15.1. The zero-order valence-corrected chi connectivity index (χ0v) is 15.3. The minimum atomic E-state index is -1.40. The second-order valence-electron chi connectivity index (χ2n) is 6.60. The first-order chi connectivity index (χ1) is 13.3. The number of halogens is 1. The molecular formula is C19H19FN4O4. The van der Waals surface area contributed by atoms with Gasteiger partial charge in [0.15, 0.2) is 0 Å². The molecule has 2 N–H and O–H groups in total. The first-order valence-corrected chi connectivity index (χ1v) is 8.82. The fraction of sp³-hybridized carbons (Fsp3) is 0.368. The maximum Gasteiger partial charge on any atom is 0.341 e. The molecule has 0 unspecified atom stereocenters. The Hall–Kier alpha value is -3.41. The summed E-state index contributed by atoms with van der Waals surface area (Å²) < 4.78 is 15.1. The van der Waals surface area contributed by atoms with Crippen LogP contribution in [0.25, 0.3) is 10.9 Å². The number of nitrogens with zero attached hydrogens (tertiary/aromatic N) is 3. The summed E-state index contributed by atoms with van der Waals surface area (Å²) in [5.74, 6) is -2.09. The first kappa shape index (κ1) is 19.4. The molecule has 0 aliphatic carbocycles. The summed E-state index contributed by atoms with van der Waals surface area (Å²) in [6.45, 7) is 3.20. The normalized spacial score (nSPS) is 14.2. The molecule has 0 radical (unpaired) electrons. The van der Waals surface area contributed by atoms with E-state index >= 15 is 4.39 Å². The van der Waals surface area contributed by atoms with Gasteiger partial charge >= 0.3 is 5.97 Å². The Balaban J connectivity index is 2.14. The zero-order chi connectivity index (χ0) is 20.4. The number of hydrogen-bond acceptors (Lipinski definition) is 5. The van der Waals surface area contributed by atoms with Crippen LogP contribution in [0.1, 0.15) is 29.3 Å². The fourth-order valence-electron chi connectivity index (χ4n) is 3.56. The lowest BCUT2D eigenvalue weighted by molar-refractivity contribution is -0.129. The van der Waals surface area contributed by atoms with Crippen LogP contribution < -0.4 is 10.3 Å². The van der Waals surface area contributed by atoms with Gasteiger partial charge in [0.2, 0.25) is 11.3 Å². The van der Waals surface area contributed by atoms with Crippen molar-refractivity contribution in [3.05, 3.63) is 39.4 Å². The van der Waals surface area contributed by atoms with Crippen molar-refractivity contribution < 1.29 is 19.1 Å². The standard InChI is InChI=1S/C19H19FN4O4/c1-11(25)23-5-7-24(8-6-23)17-12(3-2-4-21)16-13(9-15(17)20)18(26)14(10-22-16)19(27)28/h9-10H,2-3,5-8H2,1H3,(H,22,26)(H,27,28). The number of aromatic amines is 1. The first-order valence-electron chi connectivity index (χ1n) is 8.82. The van der Waals surface area contributed by atoms with E-state index in [0.29, 0.717) is 37.3 Å². The minimum absolute atomic E-state index is 0.0473. The third-order valence-electron chi connectivity index (χ3n) is 4.96. The Bertz CT molecular complexity index is 1050. The van der Waals surface area contributed by atoms with Gasteiger partial charge in [0.1, 0.15) is 11.4 Å². The third-order valence-corrected chi connectivity index (χ3v) is 4.96. The molecule has 1 saturated heterocycles. The number of H-pyrrole nitrogens is 1. The van der Waals surface area contributed by atoms with E-state index in [2.05, 4.69) is 4.98 Å². The van der Waals surface area contributed by atoms with E-state index in [9.17, 15) is 14.4 Å². The number of nitriles is 1. The van der Waals surface area contributed by atoms with Crippen molar-refractivity contribution in [3.63, 3.8) is 0 Å². The fourth-order valence-corrected chi connectivity index (χ4v) is 3.56. The molecule has 0 bridgehead atoms. The van der Waals surface area contributed by atoms with Crippen LogP contribution >= 0.6 is 0 Å². The predicted molar refractivity (Wildman–Crippen MR) is 99.9 cm³/mol. The summed E-state index contributed by atoms with van der Waals surface area (Å²) >= 11 is 0. The van der Waals surface area contributed by atoms with Gasteiger partial charge in [-0.3, -0.25) is 9.59 Å². The third kappa shape index (κ3) is 3.41. The molecule has 1 aromatic carbocycles. The zero-order valence-electron chi connectivity index (χ0n) is 15.3. The highest BCUT2D eigenvalue weighted by Gasteiger charge is 2.26. The number of pyridine rings is 1. The number of carboxylic acid groups (broad SMARTS) is 1. The second kappa shape index (κ2) is 7.68. The lowest BCUT2D eigenvalue weighted by Crippen LogP contribution is -2.48. The predicted octanol–water partition coefficient (Wildman–Crippen LogP) is 1.49. The van der Waals surface area contributed by atoms with Crippen LogP contribution in [0.4, 0.5) is 10.1 Å². The Labute approximate surface area is 159 Å². The summed E-state index contributed by atoms with van der Waals surface area (Å²) in [5.41, 5.74) is -0.172. The number of nitrogens with one attached hydrogen (secondary N) is 1. The lowest BCUT2D eigenvalue weighted by Gasteiger charge is -2.37. The molecule has 1 fully saturated rings. The number of amides is 1. The number of hydrogen-bond donors (Lipinski definition) is 2. The summed E-state index contributed by atoms with van der Waals surface area (Å²) in [7, 11) is 0.